The minimum atomic E-state index is -0.136. The maximum atomic E-state index is 11.6. The standard InChI is InChI=1S/C10H21N3O.C10H20N2O2/c1-10(2,3)12-9(14)8-13-6-4-11-5-7-13;1-10(2,3)11-9(13)8-12-4-6-14-7-5-12/h11H,4-8H2,1-3H3,(H,12,14);4-8H2,1-3H3,(H,11,13). The topological polar surface area (TPSA) is 85.9 Å². The van der Waals surface area contributed by atoms with Crippen molar-refractivity contribution in [1.29, 1.82) is 0 Å². The Hall–Kier alpha value is -1.22. The Morgan fingerprint density at radius 3 is 1.57 bits per heavy atom. The summed E-state index contributed by atoms with van der Waals surface area (Å²) in [7, 11) is 0. The second kappa shape index (κ2) is 11.7. The first-order valence-corrected chi connectivity index (χ1v) is 10.3. The van der Waals surface area contributed by atoms with E-state index in [9.17, 15) is 9.59 Å². The normalized spacial score (nSPS) is 19.4. The third kappa shape index (κ3) is 13.0. The van der Waals surface area contributed by atoms with Crippen molar-refractivity contribution >= 4 is 11.8 Å². The van der Waals surface area contributed by atoms with Gasteiger partial charge in [-0.05, 0) is 41.5 Å². The van der Waals surface area contributed by atoms with Crippen molar-refractivity contribution in [2.24, 2.45) is 0 Å². The molecule has 8 nitrogen and oxygen atoms in total. The zero-order chi connectivity index (χ0) is 21.2. The molecule has 8 heteroatoms. The van der Waals surface area contributed by atoms with Crippen LogP contribution in [0.2, 0.25) is 0 Å². The first kappa shape index (κ1) is 24.8. The highest BCUT2D eigenvalue weighted by Gasteiger charge is 2.19. The van der Waals surface area contributed by atoms with Crippen LogP contribution >= 0.6 is 0 Å². The van der Waals surface area contributed by atoms with Gasteiger partial charge in [0, 0.05) is 50.3 Å². The molecular weight excluding hydrogens is 358 g/mol. The molecule has 164 valence electrons. The summed E-state index contributed by atoms with van der Waals surface area (Å²) in [5.74, 6) is 0.221. The molecule has 2 heterocycles. The molecule has 0 atom stereocenters. The maximum Gasteiger partial charge on any atom is 0.234 e. The van der Waals surface area contributed by atoms with E-state index in [0.29, 0.717) is 13.1 Å². The van der Waals surface area contributed by atoms with E-state index in [4.69, 9.17) is 4.74 Å². The highest BCUT2D eigenvalue weighted by atomic mass is 16.5. The van der Waals surface area contributed by atoms with Gasteiger partial charge in [-0.25, -0.2) is 0 Å². The van der Waals surface area contributed by atoms with E-state index < -0.39 is 0 Å². The lowest BCUT2D eigenvalue weighted by Gasteiger charge is -2.28. The average Bonchev–Trinajstić information content (AvgIpc) is 2.53. The summed E-state index contributed by atoms with van der Waals surface area (Å²) in [6.45, 7) is 20.1. The van der Waals surface area contributed by atoms with Crippen LogP contribution in [0.3, 0.4) is 0 Å². The number of hydrogen-bond acceptors (Lipinski definition) is 6. The van der Waals surface area contributed by atoms with Gasteiger partial charge in [0.2, 0.25) is 11.8 Å². The van der Waals surface area contributed by atoms with Gasteiger partial charge in [-0.15, -0.1) is 0 Å². The van der Waals surface area contributed by atoms with E-state index in [1.54, 1.807) is 0 Å². The minimum absolute atomic E-state index is 0.0967. The van der Waals surface area contributed by atoms with Gasteiger partial charge in [-0.2, -0.15) is 0 Å². The molecule has 0 bridgehead atoms. The number of piperazine rings is 1. The first-order valence-electron chi connectivity index (χ1n) is 10.3. The Labute approximate surface area is 170 Å². The SMILES string of the molecule is CC(C)(C)NC(=O)CN1CCNCC1.CC(C)(C)NC(=O)CN1CCOCC1. The van der Waals surface area contributed by atoms with E-state index >= 15 is 0 Å². The number of carbonyl (C=O) groups is 2. The number of morpholine rings is 1. The zero-order valence-corrected chi connectivity index (χ0v) is 18.7. The first-order chi connectivity index (χ1) is 12.9. The molecule has 2 saturated heterocycles. The molecule has 2 rings (SSSR count). The van der Waals surface area contributed by atoms with Crippen LogP contribution in [0.15, 0.2) is 0 Å². The lowest BCUT2D eigenvalue weighted by Crippen LogP contribution is -2.50. The van der Waals surface area contributed by atoms with Gasteiger partial charge in [0.25, 0.3) is 0 Å². The molecule has 3 N–H and O–H groups in total. The highest BCUT2D eigenvalue weighted by molar-refractivity contribution is 5.79. The van der Waals surface area contributed by atoms with E-state index in [2.05, 4.69) is 25.8 Å². The Bertz CT molecular complexity index is 429. The largest absolute Gasteiger partial charge is 0.379 e. The Kier molecular flexibility index (Phi) is 10.4. The van der Waals surface area contributed by atoms with Gasteiger partial charge in [-0.1, -0.05) is 0 Å². The summed E-state index contributed by atoms with van der Waals surface area (Å²) in [6, 6.07) is 0. The molecule has 0 radical (unpaired) electrons. The number of hydrogen-bond donors (Lipinski definition) is 3. The number of carbonyl (C=O) groups excluding carboxylic acids is 2. The predicted molar refractivity (Wildman–Crippen MR) is 112 cm³/mol. The van der Waals surface area contributed by atoms with E-state index in [1.165, 1.54) is 0 Å². The van der Waals surface area contributed by atoms with Crippen molar-refractivity contribution in [3.8, 4) is 0 Å². The van der Waals surface area contributed by atoms with Crippen molar-refractivity contribution in [2.45, 2.75) is 52.6 Å². The number of rotatable bonds is 4. The average molecular weight is 400 g/mol. The summed E-state index contributed by atoms with van der Waals surface area (Å²) in [6.07, 6.45) is 0. The molecule has 2 aliphatic heterocycles. The van der Waals surface area contributed by atoms with E-state index in [1.807, 2.05) is 41.5 Å². The number of nitrogens with one attached hydrogen (secondary N) is 3. The fourth-order valence-electron chi connectivity index (χ4n) is 2.95. The Morgan fingerprint density at radius 1 is 0.786 bits per heavy atom. The molecule has 0 aromatic carbocycles. The summed E-state index contributed by atoms with van der Waals surface area (Å²) >= 11 is 0. The van der Waals surface area contributed by atoms with Crippen molar-refractivity contribution in [2.75, 3.05) is 65.6 Å². The third-order valence-electron chi connectivity index (χ3n) is 4.08. The Balaban J connectivity index is 0.000000280. The van der Waals surface area contributed by atoms with Crippen molar-refractivity contribution in [1.82, 2.24) is 25.8 Å². The van der Waals surface area contributed by atoms with Crippen molar-refractivity contribution in [3.05, 3.63) is 0 Å². The number of amides is 2. The van der Waals surface area contributed by atoms with Gasteiger partial charge >= 0.3 is 0 Å². The Morgan fingerprint density at radius 2 is 1.18 bits per heavy atom. The number of ether oxygens (including phenoxy) is 1. The van der Waals surface area contributed by atoms with Crippen LogP contribution in [0.25, 0.3) is 0 Å². The molecule has 2 aliphatic rings. The van der Waals surface area contributed by atoms with Gasteiger partial charge in [-0.3, -0.25) is 19.4 Å². The predicted octanol–water partition coefficient (Wildman–Crippen LogP) is 0.0396. The molecule has 2 amide bonds. The second-order valence-electron chi connectivity index (χ2n) is 9.51. The van der Waals surface area contributed by atoms with Crippen LogP contribution in [0.1, 0.15) is 41.5 Å². The monoisotopic (exact) mass is 399 g/mol. The summed E-state index contributed by atoms with van der Waals surface area (Å²) < 4.78 is 5.21. The highest BCUT2D eigenvalue weighted by Crippen LogP contribution is 2.01. The van der Waals surface area contributed by atoms with Crippen LogP contribution in [-0.2, 0) is 14.3 Å². The van der Waals surface area contributed by atoms with Gasteiger partial charge in [0.1, 0.15) is 0 Å². The maximum absolute atomic E-state index is 11.6. The lowest BCUT2D eigenvalue weighted by atomic mass is 10.1. The van der Waals surface area contributed by atoms with Crippen molar-refractivity contribution < 1.29 is 14.3 Å². The molecule has 0 spiro atoms. The summed E-state index contributed by atoms with van der Waals surface area (Å²) in [5, 5.41) is 9.17. The van der Waals surface area contributed by atoms with Gasteiger partial charge in [0.05, 0.1) is 26.3 Å². The molecule has 0 saturated carbocycles. The molecule has 0 unspecified atom stereocenters. The smallest absolute Gasteiger partial charge is 0.234 e. The quantitative estimate of drug-likeness (QED) is 0.619. The molecule has 28 heavy (non-hydrogen) atoms. The molecule has 0 aromatic rings. The van der Waals surface area contributed by atoms with Crippen LogP contribution in [0, 0.1) is 0 Å². The third-order valence-corrected chi connectivity index (χ3v) is 4.08. The molecule has 0 aromatic heterocycles. The number of nitrogens with zero attached hydrogens (tertiary/aromatic N) is 2. The fourth-order valence-corrected chi connectivity index (χ4v) is 2.95. The van der Waals surface area contributed by atoms with Crippen LogP contribution in [-0.4, -0.2) is 98.3 Å². The van der Waals surface area contributed by atoms with E-state index in [0.717, 1.165) is 52.5 Å². The van der Waals surface area contributed by atoms with E-state index in [-0.39, 0.29) is 22.9 Å². The molecule has 2 fully saturated rings. The summed E-state index contributed by atoms with van der Waals surface area (Å²) in [4.78, 5) is 27.4. The van der Waals surface area contributed by atoms with Crippen LogP contribution in [0.4, 0.5) is 0 Å². The lowest BCUT2D eigenvalue weighted by molar-refractivity contribution is -0.125. The second-order valence-corrected chi connectivity index (χ2v) is 9.51. The van der Waals surface area contributed by atoms with Gasteiger partial charge in [0.15, 0.2) is 0 Å². The molecular formula is C20H41N5O3. The zero-order valence-electron chi connectivity index (χ0n) is 18.7. The molecule has 0 aliphatic carbocycles. The minimum Gasteiger partial charge on any atom is -0.379 e. The van der Waals surface area contributed by atoms with Gasteiger partial charge < -0.3 is 20.7 Å². The van der Waals surface area contributed by atoms with Crippen molar-refractivity contribution in [3.63, 3.8) is 0 Å². The van der Waals surface area contributed by atoms with Crippen LogP contribution in [0.5, 0.6) is 0 Å². The fraction of sp³-hybridized carbons (Fsp3) is 0.900. The summed E-state index contributed by atoms with van der Waals surface area (Å²) in [5.41, 5.74) is -0.255. The van der Waals surface area contributed by atoms with Crippen LogP contribution < -0.4 is 16.0 Å².